The summed E-state index contributed by atoms with van der Waals surface area (Å²) in [7, 11) is 0. The Bertz CT molecular complexity index is 463. The van der Waals surface area contributed by atoms with Crippen LogP contribution in [-0.4, -0.2) is 18.6 Å². The molecule has 96 valence electrons. The van der Waals surface area contributed by atoms with Crippen LogP contribution < -0.4 is 5.32 Å². The fourth-order valence-corrected chi connectivity index (χ4v) is 1.32. The monoisotopic (exact) mass is 256 g/mol. The molecule has 0 unspecified atom stereocenters. The molecule has 18 heavy (non-hydrogen) atoms. The number of hydrogen-bond donors (Lipinski definition) is 1. The van der Waals surface area contributed by atoms with E-state index in [1.165, 1.54) is 12.1 Å². The van der Waals surface area contributed by atoms with E-state index in [4.69, 9.17) is 5.26 Å². The molecular formula is C12H11F3N2O. The van der Waals surface area contributed by atoms with E-state index in [0.717, 1.165) is 0 Å². The highest BCUT2D eigenvalue weighted by atomic mass is 19.4. The molecular weight excluding hydrogens is 245 g/mol. The van der Waals surface area contributed by atoms with E-state index in [1.807, 2.05) is 6.07 Å². The maximum atomic E-state index is 11.9. The number of benzene rings is 1. The number of rotatable bonds is 4. The van der Waals surface area contributed by atoms with Crippen molar-refractivity contribution in [1.82, 2.24) is 5.32 Å². The molecule has 1 rings (SSSR count). The molecule has 0 aromatic heterocycles. The van der Waals surface area contributed by atoms with Crippen LogP contribution in [0.1, 0.15) is 28.8 Å². The number of nitrogens with one attached hydrogen (secondary N) is 1. The Kier molecular flexibility index (Phi) is 4.72. The first-order valence-electron chi connectivity index (χ1n) is 5.27. The number of carbonyl (C=O) groups excluding carboxylic acids is 1. The van der Waals surface area contributed by atoms with Crippen LogP contribution in [0.3, 0.4) is 0 Å². The lowest BCUT2D eigenvalue weighted by molar-refractivity contribution is -0.135. The van der Waals surface area contributed by atoms with Gasteiger partial charge in [0.2, 0.25) is 0 Å². The van der Waals surface area contributed by atoms with Crippen LogP contribution in [0, 0.1) is 11.3 Å². The predicted octanol–water partition coefficient (Wildman–Crippen LogP) is 2.63. The van der Waals surface area contributed by atoms with E-state index in [0.29, 0.717) is 5.56 Å². The van der Waals surface area contributed by atoms with Crippen LogP contribution in [0.5, 0.6) is 0 Å². The average molecular weight is 256 g/mol. The second-order valence-corrected chi connectivity index (χ2v) is 3.67. The number of amides is 1. The first kappa shape index (κ1) is 14.0. The lowest BCUT2D eigenvalue weighted by atomic mass is 10.1. The largest absolute Gasteiger partial charge is 0.389 e. The zero-order valence-corrected chi connectivity index (χ0v) is 9.42. The highest BCUT2D eigenvalue weighted by molar-refractivity contribution is 5.94. The normalized spacial score (nSPS) is 10.8. The highest BCUT2D eigenvalue weighted by Gasteiger charge is 2.25. The van der Waals surface area contributed by atoms with Gasteiger partial charge in [0.1, 0.15) is 0 Å². The molecule has 0 aliphatic carbocycles. The van der Waals surface area contributed by atoms with Gasteiger partial charge in [-0.05, 0) is 24.6 Å². The molecule has 0 fully saturated rings. The van der Waals surface area contributed by atoms with Crippen molar-refractivity contribution in [3.8, 4) is 6.07 Å². The summed E-state index contributed by atoms with van der Waals surface area (Å²) in [4.78, 5) is 11.5. The van der Waals surface area contributed by atoms with Crippen molar-refractivity contribution < 1.29 is 18.0 Å². The van der Waals surface area contributed by atoms with Gasteiger partial charge in [0.05, 0.1) is 11.6 Å². The van der Waals surface area contributed by atoms with Crippen molar-refractivity contribution in [3.63, 3.8) is 0 Å². The first-order valence-corrected chi connectivity index (χ1v) is 5.27. The summed E-state index contributed by atoms with van der Waals surface area (Å²) in [5.74, 6) is -0.478. The van der Waals surface area contributed by atoms with E-state index in [9.17, 15) is 18.0 Å². The van der Waals surface area contributed by atoms with Crippen LogP contribution in [0.4, 0.5) is 13.2 Å². The van der Waals surface area contributed by atoms with Crippen LogP contribution in [0.25, 0.3) is 0 Å². The molecule has 0 bridgehead atoms. The van der Waals surface area contributed by atoms with Gasteiger partial charge in [-0.15, -0.1) is 0 Å². The fraction of sp³-hybridized carbons (Fsp3) is 0.333. The minimum atomic E-state index is -4.20. The Labute approximate surface area is 102 Å². The van der Waals surface area contributed by atoms with Crippen molar-refractivity contribution in [3.05, 3.63) is 35.4 Å². The van der Waals surface area contributed by atoms with E-state index < -0.39 is 18.5 Å². The van der Waals surface area contributed by atoms with Gasteiger partial charge in [-0.2, -0.15) is 18.4 Å². The van der Waals surface area contributed by atoms with Crippen molar-refractivity contribution in [2.24, 2.45) is 0 Å². The van der Waals surface area contributed by atoms with Gasteiger partial charge in [0.15, 0.2) is 0 Å². The Balaban J connectivity index is 2.44. The molecule has 1 amide bonds. The first-order chi connectivity index (χ1) is 8.42. The quantitative estimate of drug-likeness (QED) is 0.842. The molecule has 0 radical (unpaired) electrons. The number of carbonyl (C=O) groups is 1. The summed E-state index contributed by atoms with van der Waals surface area (Å²) in [5, 5.41) is 11.0. The summed E-state index contributed by atoms with van der Waals surface area (Å²) in [5.41, 5.74) is 0.596. The molecule has 0 spiro atoms. The second-order valence-electron chi connectivity index (χ2n) is 3.67. The third kappa shape index (κ3) is 4.87. The molecule has 1 N–H and O–H groups in total. The van der Waals surface area contributed by atoms with E-state index in [2.05, 4.69) is 5.32 Å². The van der Waals surface area contributed by atoms with Gasteiger partial charge in [-0.3, -0.25) is 4.79 Å². The molecule has 0 saturated heterocycles. The summed E-state index contributed by atoms with van der Waals surface area (Å²) < 4.78 is 35.6. The van der Waals surface area contributed by atoms with E-state index in [1.54, 1.807) is 12.1 Å². The predicted molar refractivity (Wildman–Crippen MR) is 58.8 cm³/mol. The van der Waals surface area contributed by atoms with Crippen molar-refractivity contribution in [2.45, 2.75) is 19.0 Å². The smallest absolute Gasteiger partial charge is 0.352 e. The van der Waals surface area contributed by atoms with Crippen LogP contribution in [0.15, 0.2) is 24.3 Å². The Hall–Kier alpha value is -2.03. The van der Waals surface area contributed by atoms with Gasteiger partial charge in [0.25, 0.3) is 5.91 Å². The van der Waals surface area contributed by atoms with Gasteiger partial charge < -0.3 is 5.32 Å². The average Bonchev–Trinajstić information content (AvgIpc) is 2.33. The van der Waals surface area contributed by atoms with Gasteiger partial charge in [-0.1, -0.05) is 6.07 Å². The van der Waals surface area contributed by atoms with Crippen molar-refractivity contribution >= 4 is 5.91 Å². The van der Waals surface area contributed by atoms with Gasteiger partial charge in [0, 0.05) is 18.5 Å². The minimum Gasteiger partial charge on any atom is -0.352 e. The standard InChI is InChI=1S/C12H11F3N2O/c13-12(14,15)5-2-6-17-11(18)10-4-1-3-9(7-10)8-16/h1,3-4,7H,2,5-6H2,(H,17,18). The molecule has 0 heterocycles. The SMILES string of the molecule is N#Cc1cccc(C(=O)NCCCC(F)(F)F)c1. The number of halogens is 3. The zero-order valence-electron chi connectivity index (χ0n) is 9.42. The minimum absolute atomic E-state index is 0.0465. The maximum Gasteiger partial charge on any atom is 0.389 e. The summed E-state index contributed by atoms with van der Waals surface area (Å²) in [6.07, 6.45) is -5.29. The molecule has 0 atom stereocenters. The third-order valence-corrected chi connectivity index (χ3v) is 2.18. The Morgan fingerprint density at radius 2 is 2.11 bits per heavy atom. The summed E-state index contributed by atoms with van der Waals surface area (Å²) in [6, 6.07) is 7.86. The summed E-state index contributed by atoms with van der Waals surface area (Å²) in [6.45, 7) is -0.0465. The van der Waals surface area contributed by atoms with Gasteiger partial charge in [-0.25, -0.2) is 0 Å². The molecule has 3 nitrogen and oxygen atoms in total. The van der Waals surface area contributed by atoms with Crippen LogP contribution in [0.2, 0.25) is 0 Å². The van der Waals surface area contributed by atoms with Crippen molar-refractivity contribution in [2.75, 3.05) is 6.54 Å². The lowest BCUT2D eigenvalue weighted by Crippen LogP contribution is -2.25. The van der Waals surface area contributed by atoms with Crippen LogP contribution in [-0.2, 0) is 0 Å². The van der Waals surface area contributed by atoms with Crippen LogP contribution >= 0.6 is 0 Å². The molecule has 0 saturated carbocycles. The van der Waals surface area contributed by atoms with E-state index in [-0.39, 0.29) is 18.5 Å². The zero-order chi connectivity index (χ0) is 13.6. The number of nitrogens with zero attached hydrogens (tertiary/aromatic N) is 1. The molecule has 6 heteroatoms. The fourth-order valence-electron chi connectivity index (χ4n) is 1.32. The van der Waals surface area contributed by atoms with Crippen molar-refractivity contribution in [1.29, 1.82) is 5.26 Å². The van der Waals surface area contributed by atoms with Gasteiger partial charge >= 0.3 is 6.18 Å². The maximum absolute atomic E-state index is 11.9. The topological polar surface area (TPSA) is 52.9 Å². The number of alkyl halides is 3. The molecule has 1 aromatic rings. The molecule has 1 aromatic carbocycles. The molecule has 0 aliphatic rings. The number of nitriles is 1. The highest BCUT2D eigenvalue weighted by Crippen LogP contribution is 2.20. The molecule has 0 aliphatic heterocycles. The number of hydrogen-bond acceptors (Lipinski definition) is 2. The summed E-state index contributed by atoms with van der Waals surface area (Å²) >= 11 is 0. The Morgan fingerprint density at radius 1 is 1.39 bits per heavy atom. The third-order valence-electron chi connectivity index (χ3n) is 2.18. The Morgan fingerprint density at radius 3 is 2.72 bits per heavy atom. The second kappa shape index (κ2) is 6.05. The lowest BCUT2D eigenvalue weighted by Gasteiger charge is -2.07. The van der Waals surface area contributed by atoms with E-state index >= 15 is 0 Å².